The van der Waals surface area contributed by atoms with Gasteiger partial charge < -0.3 is 14.7 Å². The number of fused-ring (bicyclic) bond motifs is 1. The molecule has 1 aliphatic rings. The van der Waals surface area contributed by atoms with Crippen LogP contribution < -0.4 is 9.64 Å². The zero-order valence-corrected chi connectivity index (χ0v) is 19.3. The van der Waals surface area contributed by atoms with Gasteiger partial charge >= 0.3 is 5.97 Å². The van der Waals surface area contributed by atoms with Gasteiger partial charge in [-0.05, 0) is 51.1 Å². The summed E-state index contributed by atoms with van der Waals surface area (Å²) in [4.78, 5) is 14.6. The zero-order valence-electron chi connectivity index (χ0n) is 16.0. The van der Waals surface area contributed by atoms with E-state index in [9.17, 15) is 14.3 Å². The quantitative estimate of drug-likeness (QED) is 0.404. The van der Waals surface area contributed by atoms with E-state index in [1.54, 1.807) is 17.0 Å². The number of carbonyl (C=O) groups is 1. The van der Waals surface area contributed by atoms with Crippen molar-refractivity contribution in [2.24, 2.45) is 0 Å². The van der Waals surface area contributed by atoms with E-state index < -0.39 is 5.97 Å². The van der Waals surface area contributed by atoms with Crippen LogP contribution in [0, 0.1) is 5.82 Å². The molecule has 0 bridgehead atoms. The third-order valence-electron chi connectivity index (χ3n) is 3.92. The van der Waals surface area contributed by atoms with Crippen molar-refractivity contribution in [2.75, 3.05) is 4.90 Å². The minimum absolute atomic E-state index is 0.182. The average Bonchev–Trinajstić information content (AvgIpc) is 2.58. The number of nitrogens with zero attached hydrogens (tertiary/aromatic N) is 1. The van der Waals surface area contributed by atoms with Gasteiger partial charge in [0.1, 0.15) is 22.2 Å². The number of thiocarbonyl (C=S) groups is 1. The molecule has 0 amide bonds. The minimum Gasteiger partial charge on any atom is -0.488 e. The summed E-state index contributed by atoms with van der Waals surface area (Å²) in [6, 6.07) is 10.4. The summed E-state index contributed by atoms with van der Waals surface area (Å²) in [5.74, 6) is -0.783. The summed E-state index contributed by atoms with van der Waals surface area (Å²) in [6.45, 7) is 6.04. The normalized spacial score (nSPS) is 15.4. The molecule has 0 aromatic heterocycles. The van der Waals surface area contributed by atoms with Crippen LogP contribution in [0.4, 0.5) is 10.1 Å². The highest BCUT2D eigenvalue weighted by molar-refractivity contribution is 9.10. The number of thioether (sulfide) groups is 1. The molecule has 8 heteroatoms. The number of hydrogen-bond donors (Lipinski definition) is 1. The molecule has 2 aromatic carbocycles. The molecule has 0 spiro atoms. The number of hydrogen-bond acceptors (Lipinski definition) is 4. The Balaban J connectivity index is 2.04. The van der Waals surface area contributed by atoms with Gasteiger partial charge in [0, 0.05) is 21.0 Å². The summed E-state index contributed by atoms with van der Waals surface area (Å²) in [7, 11) is 0. The second-order valence-corrected chi connectivity index (χ2v) is 9.81. The Hall–Kier alpha value is -1.90. The minimum atomic E-state index is -1.09. The lowest BCUT2D eigenvalue weighted by Crippen LogP contribution is -2.33. The van der Waals surface area contributed by atoms with E-state index in [1.807, 2.05) is 39.0 Å². The first-order valence-electron chi connectivity index (χ1n) is 8.75. The molecule has 0 atom stereocenters. The summed E-state index contributed by atoms with van der Waals surface area (Å²) in [5, 5.41) is 9.23. The highest BCUT2D eigenvalue weighted by Gasteiger charge is 2.28. The number of halogens is 2. The molecule has 4 nitrogen and oxygen atoms in total. The fourth-order valence-electron chi connectivity index (χ4n) is 2.80. The van der Waals surface area contributed by atoms with Crippen molar-refractivity contribution < 1.29 is 19.0 Å². The van der Waals surface area contributed by atoms with E-state index in [4.69, 9.17) is 17.0 Å². The van der Waals surface area contributed by atoms with E-state index >= 15 is 0 Å². The highest BCUT2D eigenvalue weighted by atomic mass is 79.9. The predicted molar refractivity (Wildman–Crippen MR) is 121 cm³/mol. The van der Waals surface area contributed by atoms with Crippen LogP contribution in [-0.2, 0) is 11.3 Å². The Morgan fingerprint density at radius 3 is 2.66 bits per heavy atom. The standard InChI is InChI=1S/C21H19BrFNO3S2/c1-21(2,3)27-14-6-7-16-17(9-14)29-18(10-19(25)26)20(28)24(16)11-12-4-5-13(22)8-15(12)23/h4-10H,11H2,1-3H3,(H,25,26)/b18-10-. The molecule has 1 N–H and O–H groups in total. The number of rotatable bonds is 4. The number of benzene rings is 2. The van der Waals surface area contributed by atoms with Gasteiger partial charge in [0.05, 0.1) is 17.1 Å². The highest BCUT2D eigenvalue weighted by Crippen LogP contribution is 2.44. The first-order valence-corrected chi connectivity index (χ1v) is 10.8. The van der Waals surface area contributed by atoms with Gasteiger partial charge in [0.15, 0.2) is 0 Å². The van der Waals surface area contributed by atoms with Crippen LogP contribution in [0.25, 0.3) is 0 Å². The first kappa shape index (κ1) is 21.8. The molecule has 0 aliphatic carbocycles. The zero-order chi connectivity index (χ0) is 21.3. The van der Waals surface area contributed by atoms with Crippen LogP contribution in [0.5, 0.6) is 5.75 Å². The van der Waals surface area contributed by atoms with Crippen LogP contribution in [0.15, 0.2) is 56.7 Å². The maximum atomic E-state index is 14.4. The largest absolute Gasteiger partial charge is 0.488 e. The van der Waals surface area contributed by atoms with Crippen molar-refractivity contribution in [3.63, 3.8) is 0 Å². The lowest BCUT2D eigenvalue weighted by Gasteiger charge is -2.33. The molecule has 3 rings (SSSR count). The van der Waals surface area contributed by atoms with Gasteiger partial charge in [-0.3, -0.25) is 0 Å². The lowest BCUT2D eigenvalue weighted by molar-refractivity contribution is -0.131. The van der Waals surface area contributed by atoms with Gasteiger partial charge in [-0.15, -0.1) is 0 Å². The molecule has 29 heavy (non-hydrogen) atoms. The van der Waals surface area contributed by atoms with Crippen molar-refractivity contribution in [2.45, 2.75) is 37.8 Å². The maximum absolute atomic E-state index is 14.4. The summed E-state index contributed by atoms with van der Waals surface area (Å²) < 4.78 is 21.0. The van der Waals surface area contributed by atoms with E-state index in [-0.39, 0.29) is 18.0 Å². The Morgan fingerprint density at radius 1 is 1.31 bits per heavy atom. The van der Waals surface area contributed by atoms with Gasteiger partial charge in [0.2, 0.25) is 0 Å². The van der Waals surface area contributed by atoms with Crippen molar-refractivity contribution in [3.8, 4) is 5.75 Å². The fourth-order valence-corrected chi connectivity index (χ4v) is 4.53. The molecular formula is C21H19BrFNO3S2. The van der Waals surface area contributed by atoms with Crippen LogP contribution in [0.2, 0.25) is 0 Å². The molecule has 0 unspecified atom stereocenters. The van der Waals surface area contributed by atoms with Crippen LogP contribution in [0.3, 0.4) is 0 Å². The number of carboxylic acids is 1. The van der Waals surface area contributed by atoms with Crippen LogP contribution in [0.1, 0.15) is 26.3 Å². The van der Waals surface area contributed by atoms with Gasteiger partial charge in [-0.25, -0.2) is 9.18 Å². The third-order valence-corrected chi connectivity index (χ3v) is 6.06. The van der Waals surface area contributed by atoms with Gasteiger partial charge in [-0.2, -0.15) is 0 Å². The molecule has 0 saturated carbocycles. The lowest BCUT2D eigenvalue weighted by atomic mass is 10.1. The Kier molecular flexibility index (Phi) is 6.36. The first-order chi connectivity index (χ1) is 13.5. The van der Waals surface area contributed by atoms with Crippen LogP contribution in [-0.4, -0.2) is 21.7 Å². The topological polar surface area (TPSA) is 49.8 Å². The number of carboxylic acid groups (broad SMARTS) is 1. The van der Waals surface area contributed by atoms with E-state index in [1.165, 1.54) is 17.8 Å². The van der Waals surface area contributed by atoms with Crippen molar-refractivity contribution in [3.05, 3.63) is 63.2 Å². The number of ether oxygens (including phenoxy) is 1. The second kappa shape index (κ2) is 8.45. The average molecular weight is 496 g/mol. The Morgan fingerprint density at radius 2 is 2.03 bits per heavy atom. The second-order valence-electron chi connectivity index (χ2n) is 7.42. The number of anilines is 1. The molecule has 2 aromatic rings. The Labute approximate surface area is 186 Å². The summed E-state index contributed by atoms with van der Waals surface area (Å²) in [6.07, 6.45) is 1.08. The smallest absolute Gasteiger partial charge is 0.329 e. The van der Waals surface area contributed by atoms with Gasteiger partial charge in [0.25, 0.3) is 0 Å². The maximum Gasteiger partial charge on any atom is 0.329 e. The molecule has 1 aliphatic heterocycles. The SMILES string of the molecule is CC(C)(C)Oc1ccc2c(c1)S/C(=C\C(=O)O)C(=S)N2Cc1ccc(Br)cc1F. The van der Waals surface area contributed by atoms with Crippen molar-refractivity contribution in [1.29, 1.82) is 0 Å². The predicted octanol–water partition coefficient (Wildman–Crippen LogP) is 6.17. The molecule has 152 valence electrons. The molecule has 0 saturated heterocycles. The molecule has 0 radical (unpaired) electrons. The van der Waals surface area contributed by atoms with E-state index in [2.05, 4.69) is 15.9 Å². The van der Waals surface area contributed by atoms with Gasteiger partial charge in [-0.1, -0.05) is 46.0 Å². The van der Waals surface area contributed by atoms with Crippen molar-refractivity contribution in [1.82, 2.24) is 0 Å². The Bertz CT molecular complexity index is 1020. The summed E-state index contributed by atoms with van der Waals surface area (Å²) in [5.41, 5.74) is 0.868. The molecular weight excluding hydrogens is 477 g/mol. The molecule has 1 heterocycles. The van der Waals surface area contributed by atoms with E-state index in [0.29, 0.717) is 25.7 Å². The molecule has 0 fully saturated rings. The number of aliphatic carboxylic acids is 1. The third kappa shape index (κ3) is 5.38. The monoisotopic (exact) mass is 495 g/mol. The fraction of sp³-hybridized carbons (Fsp3) is 0.238. The summed E-state index contributed by atoms with van der Waals surface area (Å²) >= 11 is 10.1. The van der Waals surface area contributed by atoms with Crippen LogP contribution >= 0.6 is 39.9 Å². The van der Waals surface area contributed by atoms with Crippen molar-refractivity contribution >= 4 is 56.6 Å². The van der Waals surface area contributed by atoms with E-state index in [0.717, 1.165) is 16.7 Å².